The molecule has 1 spiro atoms. The Bertz CT molecular complexity index is 570. The zero-order valence-electron chi connectivity index (χ0n) is 16.3. The predicted octanol–water partition coefficient (Wildman–Crippen LogP) is 2.47. The van der Waals surface area contributed by atoms with E-state index in [0.717, 1.165) is 51.2 Å². The minimum absolute atomic E-state index is 0.248. The SMILES string of the molecule is CN1CCCN(C)C2(CCN(C(=O)CCCOc3ccccc3)CC2)C1. The zero-order chi connectivity index (χ0) is 18.4. The van der Waals surface area contributed by atoms with Crippen molar-refractivity contribution in [2.24, 2.45) is 0 Å². The van der Waals surface area contributed by atoms with E-state index in [-0.39, 0.29) is 11.4 Å². The van der Waals surface area contributed by atoms with Crippen molar-refractivity contribution in [1.29, 1.82) is 0 Å². The van der Waals surface area contributed by atoms with Crippen LogP contribution < -0.4 is 4.74 Å². The maximum atomic E-state index is 12.5. The average Bonchev–Trinajstić information content (AvgIpc) is 2.79. The molecule has 0 aromatic heterocycles. The number of para-hydroxylation sites is 1. The third-order valence-corrected chi connectivity index (χ3v) is 6.00. The molecule has 144 valence electrons. The first kappa shape index (κ1) is 19.2. The summed E-state index contributed by atoms with van der Waals surface area (Å²) in [5.74, 6) is 1.15. The van der Waals surface area contributed by atoms with E-state index in [1.165, 1.54) is 13.0 Å². The molecule has 1 aromatic rings. The van der Waals surface area contributed by atoms with E-state index in [2.05, 4.69) is 28.8 Å². The number of likely N-dealkylation sites (N-methyl/N-ethyl adjacent to an activating group) is 2. The molecule has 0 bridgehead atoms. The Hall–Kier alpha value is -1.59. The number of nitrogens with zero attached hydrogens (tertiary/aromatic N) is 3. The van der Waals surface area contributed by atoms with E-state index in [9.17, 15) is 4.79 Å². The highest BCUT2D eigenvalue weighted by Gasteiger charge is 2.40. The molecule has 2 heterocycles. The van der Waals surface area contributed by atoms with Crippen molar-refractivity contribution in [3.05, 3.63) is 30.3 Å². The summed E-state index contributed by atoms with van der Waals surface area (Å²) in [5, 5.41) is 0. The largest absolute Gasteiger partial charge is 0.494 e. The number of hydrogen-bond donors (Lipinski definition) is 0. The quantitative estimate of drug-likeness (QED) is 0.757. The highest BCUT2D eigenvalue weighted by atomic mass is 16.5. The summed E-state index contributed by atoms with van der Waals surface area (Å²) in [6.45, 7) is 5.83. The summed E-state index contributed by atoms with van der Waals surface area (Å²) >= 11 is 0. The molecular formula is C21H33N3O2. The number of rotatable bonds is 5. The number of hydrogen-bond acceptors (Lipinski definition) is 4. The highest BCUT2D eigenvalue weighted by Crippen LogP contribution is 2.31. The Morgan fingerprint density at radius 2 is 1.81 bits per heavy atom. The van der Waals surface area contributed by atoms with Crippen LogP contribution in [0.2, 0.25) is 0 Å². The van der Waals surface area contributed by atoms with Gasteiger partial charge in [0.25, 0.3) is 0 Å². The molecule has 5 nitrogen and oxygen atoms in total. The van der Waals surface area contributed by atoms with E-state index in [1.54, 1.807) is 0 Å². The van der Waals surface area contributed by atoms with Gasteiger partial charge in [-0.2, -0.15) is 0 Å². The smallest absolute Gasteiger partial charge is 0.222 e. The van der Waals surface area contributed by atoms with Crippen LogP contribution in [-0.4, -0.2) is 79.6 Å². The molecule has 2 fully saturated rings. The van der Waals surface area contributed by atoms with Gasteiger partial charge in [-0.1, -0.05) is 18.2 Å². The van der Waals surface area contributed by atoms with Crippen molar-refractivity contribution in [2.75, 3.05) is 53.4 Å². The van der Waals surface area contributed by atoms with Crippen molar-refractivity contribution in [3.63, 3.8) is 0 Å². The monoisotopic (exact) mass is 359 g/mol. The summed E-state index contributed by atoms with van der Waals surface area (Å²) in [6.07, 6.45) is 4.76. The minimum Gasteiger partial charge on any atom is -0.494 e. The first-order chi connectivity index (χ1) is 12.6. The van der Waals surface area contributed by atoms with Gasteiger partial charge in [-0.05, 0) is 65.0 Å². The molecule has 1 aromatic carbocycles. The van der Waals surface area contributed by atoms with Crippen LogP contribution in [0.4, 0.5) is 0 Å². The van der Waals surface area contributed by atoms with Crippen molar-refractivity contribution < 1.29 is 9.53 Å². The summed E-state index contributed by atoms with van der Waals surface area (Å²) < 4.78 is 5.69. The van der Waals surface area contributed by atoms with Crippen LogP contribution in [0, 0.1) is 0 Å². The molecule has 5 heteroatoms. The second-order valence-corrected chi connectivity index (χ2v) is 7.88. The van der Waals surface area contributed by atoms with E-state index in [0.29, 0.717) is 13.0 Å². The van der Waals surface area contributed by atoms with Crippen LogP contribution in [0.1, 0.15) is 32.1 Å². The van der Waals surface area contributed by atoms with Crippen molar-refractivity contribution in [2.45, 2.75) is 37.6 Å². The molecule has 0 radical (unpaired) electrons. The number of ether oxygens (including phenoxy) is 1. The van der Waals surface area contributed by atoms with Crippen LogP contribution in [0.25, 0.3) is 0 Å². The lowest BCUT2D eigenvalue weighted by atomic mass is 9.85. The van der Waals surface area contributed by atoms with Crippen LogP contribution in [-0.2, 0) is 4.79 Å². The van der Waals surface area contributed by atoms with Crippen LogP contribution in [0.3, 0.4) is 0 Å². The highest BCUT2D eigenvalue weighted by molar-refractivity contribution is 5.76. The lowest BCUT2D eigenvalue weighted by molar-refractivity contribution is -0.134. The number of amides is 1. The van der Waals surface area contributed by atoms with E-state index >= 15 is 0 Å². The molecular weight excluding hydrogens is 326 g/mol. The molecule has 2 saturated heterocycles. The van der Waals surface area contributed by atoms with Gasteiger partial charge in [0.15, 0.2) is 0 Å². The molecule has 2 aliphatic rings. The number of benzene rings is 1. The Morgan fingerprint density at radius 1 is 1.08 bits per heavy atom. The molecule has 0 aliphatic carbocycles. The number of carbonyl (C=O) groups excluding carboxylic acids is 1. The Kier molecular flexibility index (Phi) is 6.54. The van der Waals surface area contributed by atoms with E-state index in [1.807, 2.05) is 30.3 Å². The maximum absolute atomic E-state index is 12.5. The van der Waals surface area contributed by atoms with Gasteiger partial charge in [-0.3, -0.25) is 9.69 Å². The summed E-state index contributed by atoms with van der Waals surface area (Å²) in [5.41, 5.74) is 0.248. The fraction of sp³-hybridized carbons (Fsp3) is 0.667. The van der Waals surface area contributed by atoms with Crippen LogP contribution in [0.15, 0.2) is 30.3 Å². The van der Waals surface area contributed by atoms with Gasteiger partial charge < -0.3 is 14.5 Å². The molecule has 2 aliphatic heterocycles. The van der Waals surface area contributed by atoms with Gasteiger partial charge in [0, 0.05) is 31.6 Å². The normalized spacial score (nSPS) is 21.5. The second-order valence-electron chi connectivity index (χ2n) is 7.88. The van der Waals surface area contributed by atoms with E-state index in [4.69, 9.17) is 4.74 Å². The standard InChI is InChI=1S/C21H33N3O2/c1-22-13-7-14-23(2)21(18-22)11-15-24(16-12-21)20(25)10-6-17-26-19-8-4-3-5-9-19/h3-5,8-9H,6-7,10-18H2,1-2H3. The van der Waals surface area contributed by atoms with Crippen molar-refractivity contribution in [3.8, 4) is 5.75 Å². The van der Waals surface area contributed by atoms with Crippen molar-refractivity contribution >= 4 is 5.91 Å². The molecule has 3 rings (SSSR count). The van der Waals surface area contributed by atoms with Gasteiger partial charge in [-0.25, -0.2) is 0 Å². The first-order valence-electron chi connectivity index (χ1n) is 9.94. The number of piperidine rings is 1. The molecule has 0 unspecified atom stereocenters. The first-order valence-corrected chi connectivity index (χ1v) is 9.94. The van der Waals surface area contributed by atoms with Gasteiger partial charge in [0.2, 0.25) is 5.91 Å². The molecule has 0 N–H and O–H groups in total. The third-order valence-electron chi connectivity index (χ3n) is 6.00. The summed E-state index contributed by atoms with van der Waals surface area (Å²) in [4.78, 5) is 19.6. The van der Waals surface area contributed by atoms with E-state index < -0.39 is 0 Å². The molecule has 0 atom stereocenters. The minimum atomic E-state index is 0.248. The lowest BCUT2D eigenvalue weighted by Crippen LogP contribution is -2.58. The van der Waals surface area contributed by atoms with Crippen LogP contribution >= 0.6 is 0 Å². The summed E-state index contributed by atoms with van der Waals surface area (Å²) in [6, 6.07) is 9.80. The molecule has 0 saturated carbocycles. The number of carbonyl (C=O) groups is 1. The van der Waals surface area contributed by atoms with Crippen molar-refractivity contribution in [1.82, 2.24) is 14.7 Å². The second kappa shape index (κ2) is 8.87. The topological polar surface area (TPSA) is 36.0 Å². The van der Waals surface area contributed by atoms with Gasteiger partial charge in [-0.15, -0.1) is 0 Å². The maximum Gasteiger partial charge on any atom is 0.222 e. The molecule has 26 heavy (non-hydrogen) atoms. The van der Waals surface area contributed by atoms with Gasteiger partial charge in [0.1, 0.15) is 5.75 Å². The van der Waals surface area contributed by atoms with Gasteiger partial charge >= 0.3 is 0 Å². The van der Waals surface area contributed by atoms with Gasteiger partial charge in [0.05, 0.1) is 6.61 Å². The fourth-order valence-electron chi connectivity index (χ4n) is 4.32. The third kappa shape index (κ3) is 4.77. The molecule has 1 amide bonds. The zero-order valence-corrected chi connectivity index (χ0v) is 16.3. The number of likely N-dealkylation sites (tertiary alicyclic amines) is 1. The lowest BCUT2D eigenvalue weighted by Gasteiger charge is -2.47. The Balaban J connectivity index is 1.41. The Morgan fingerprint density at radius 3 is 2.54 bits per heavy atom. The average molecular weight is 360 g/mol. The fourth-order valence-corrected chi connectivity index (χ4v) is 4.32. The summed E-state index contributed by atoms with van der Waals surface area (Å²) in [7, 11) is 4.49. The van der Waals surface area contributed by atoms with Crippen LogP contribution in [0.5, 0.6) is 5.75 Å². The Labute approximate surface area is 157 Å². The predicted molar refractivity (Wildman–Crippen MR) is 104 cm³/mol.